The topological polar surface area (TPSA) is 70.9 Å². The van der Waals surface area contributed by atoms with E-state index in [2.05, 4.69) is 17.5 Å². The molecule has 0 saturated heterocycles. The second-order valence-corrected chi connectivity index (χ2v) is 5.70. The SMILES string of the molecule is CCCCCCOc1ccccc1/C=N/Nc1ccc(C(=O)O)cc1. The van der Waals surface area contributed by atoms with Crippen LogP contribution in [0.3, 0.4) is 0 Å². The molecule has 5 nitrogen and oxygen atoms in total. The largest absolute Gasteiger partial charge is 0.493 e. The summed E-state index contributed by atoms with van der Waals surface area (Å²) in [6, 6.07) is 14.2. The van der Waals surface area contributed by atoms with Crippen LogP contribution in [0.15, 0.2) is 53.6 Å². The lowest BCUT2D eigenvalue weighted by molar-refractivity contribution is 0.0697. The maximum Gasteiger partial charge on any atom is 0.335 e. The molecule has 0 aliphatic heterocycles. The standard InChI is InChI=1S/C20H24N2O3/c1-2-3-4-7-14-25-19-9-6-5-8-17(19)15-21-22-18-12-10-16(11-13-18)20(23)24/h5-6,8-13,15,22H,2-4,7,14H2,1H3,(H,23,24)/b21-15+. The number of aromatic carboxylic acids is 1. The zero-order valence-corrected chi connectivity index (χ0v) is 14.4. The molecule has 2 aromatic rings. The third-order valence-corrected chi connectivity index (χ3v) is 3.70. The Morgan fingerprint density at radius 3 is 2.60 bits per heavy atom. The molecule has 0 radical (unpaired) electrons. The highest BCUT2D eigenvalue weighted by molar-refractivity contribution is 5.88. The van der Waals surface area contributed by atoms with Crippen LogP contribution in [-0.4, -0.2) is 23.9 Å². The fourth-order valence-electron chi connectivity index (χ4n) is 2.29. The van der Waals surface area contributed by atoms with Crippen molar-refractivity contribution in [3.63, 3.8) is 0 Å². The molecule has 0 amide bonds. The van der Waals surface area contributed by atoms with Crippen LogP contribution in [0.2, 0.25) is 0 Å². The molecule has 132 valence electrons. The first-order valence-electron chi connectivity index (χ1n) is 8.55. The van der Waals surface area contributed by atoms with Gasteiger partial charge in [0, 0.05) is 5.56 Å². The Morgan fingerprint density at radius 2 is 1.88 bits per heavy atom. The molecular weight excluding hydrogens is 316 g/mol. The van der Waals surface area contributed by atoms with Crippen LogP contribution in [0.4, 0.5) is 5.69 Å². The molecule has 25 heavy (non-hydrogen) atoms. The molecule has 2 aromatic carbocycles. The number of rotatable bonds is 10. The second-order valence-electron chi connectivity index (χ2n) is 5.70. The van der Waals surface area contributed by atoms with Crippen molar-refractivity contribution in [2.24, 2.45) is 5.10 Å². The number of benzene rings is 2. The number of ether oxygens (including phenoxy) is 1. The molecule has 0 saturated carbocycles. The van der Waals surface area contributed by atoms with E-state index in [4.69, 9.17) is 9.84 Å². The van der Waals surface area contributed by atoms with E-state index >= 15 is 0 Å². The van der Waals surface area contributed by atoms with Crippen molar-refractivity contribution in [2.45, 2.75) is 32.6 Å². The second kappa shape index (κ2) is 10.1. The van der Waals surface area contributed by atoms with Crippen LogP contribution >= 0.6 is 0 Å². The van der Waals surface area contributed by atoms with Gasteiger partial charge in [0.2, 0.25) is 0 Å². The normalized spacial score (nSPS) is 10.8. The summed E-state index contributed by atoms with van der Waals surface area (Å²) >= 11 is 0. The van der Waals surface area contributed by atoms with Crippen molar-refractivity contribution >= 4 is 17.9 Å². The third-order valence-electron chi connectivity index (χ3n) is 3.70. The number of unbranched alkanes of at least 4 members (excludes halogenated alkanes) is 3. The number of carboxylic acid groups (broad SMARTS) is 1. The summed E-state index contributed by atoms with van der Waals surface area (Å²) in [4.78, 5) is 10.8. The van der Waals surface area contributed by atoms with Gasteiger partial charge in [-0.25, -0.2) is 4.79 Å². The van der Waals surface area contributed by atoms with Crippen molar-refractivity contribution in [1.29, 1.82) is 0 Å². The number of anilines is 1. The molecule has 5 heteroatoms. The van der Waals surface area contributed by atoms with E-state index in [-0.39, 0.29) is 5.56 Å². The fraction of sp³-hybridized carbons (Fsp3) is 0.300. The molecule has 0 atom stereocenters. The lowest BCUT2D eigenvalue weighted by Crippen LogP contribution is -2.00. The van der Waals surface area contributed by atoms with Gasteiger partial charge in [0.1, 0.15) is 5.75 Å². The van der Waals surface area contributed by atoms with E-state index in [9.17, 15) is 4.79 Å². The molecule has 0 aliphatic carbocycles. The van der Waals surface area contributed by atoms with E-state index in [1.54, 1.807) is 18.3 Å². The highest BCUT2D eigenvalue weighted by Crippen LogP contribution is 2.17. The van der Waals surface area contributed by atoms with Crippen LogP contribution in [0.1, 0.15) is 48.5 Å². The molecule has 0 fully saturated rings. The summed E-state index contributed by atoms with van der Waals surface area (Å²) in [6.45, 7) is 2.89. The third kappa shape index (κ3) is 6.30. The van der Waals surface area contributed by atoms with Gasteiger partial charge in [0.15, 0.2) is 0 Å². The van der Waals surface area contributed by atoms with E-state index in [0.29, 0.717) is 6.61 Å². The predicted octanol–water partition coefficient (Wildman–Crippen LogP) is 4.79. The number of nitrogens with one attached hydrogen (secondary N) is 1. The molecule has 0 heterocycles. The zero-order chi connectivity index (χ0) is 17.9. The molecule has 2 rings (SSSR count). The van der Waals surface area contributed by atoms with E-state index in [0.717, 1.165) is 23.4 Å². The maximum absolute atomic E-state index is 10.8. The van der Waals surface area contributed by atoms with Crippen LogP contribution in [-0.2, 0) is 0 Å². The van der Waals surface area contributed by atoms with E-state index < -0.39 is 5.97 Å². The van der Waals surface area contributed by atoms with Crippen molar-refractivity contribution in [2.75, 3.05) is 12.0 Å². The molecule has 0 unspecified atom stereocenters. The average molecular weight is 340 g/mol. The lowest BCUT2D eigenvalue weighted by Gasteiger charge is -2.08. The van der Waals surface area contributed by atoms with Gasteiger partial charge in [0.25, 0.3) is 0 Å². The minimum absolute atomic E-state index is 0.247. The Bertz CT molecular complexity index is 696. The van der Waals surface area contributed by atoms with Crippen LogP contribution in [0.25, 0.3) is 0 Å². The number of carbonyl (C=O) groups is 1. The van der Waals surface area contributed by atoms with Gasteiger partial charge in [0.05, 0.1) is 24.1 Å². The number of hydrogen-bond donors (Lipinski definition) is 2. The smallest absolute Gasteiger partial charge is 0.335 e. The van der Waals surface area contributed by atoms with Crippen molar-refractivity contribution < 1.29 is 14.6 Å². The Kier molecular flexibility index (Phi) is 7.50. The monoisotopic (exact) mass is 340 g/mol. The Balaban J connectivity index is 1.90. The van der Waals surface area contributed by atoms with Gasteiger partial charge in [-0.15, -0.1) is 0 Å². The average Bonchev–Trinajstić information content (AvgIpc) is 2.63. The molecule has 2 N–H and O–H groups in total. The summed E-state index contributed by atoms with van der Waals surface area (Å²) < 4.78 is 5.84. The molecular formula is C20H24N2O3. The summed E-state index contributed by atoms with van der Waals surface area (Å²) in [5.74, 6) is -0.133. The molecule has 0 aromatic heterocycles. The number of carboxylic acids is 1. The maximum atomic E-state index is 10.8. The van der Waals surface area contributed by atoms with E-state index in [1.165, 1.54) is 31.4 Å². The van der Waals surface area contributed by atoms with Crippen molar-refractivity contribution in [1.82, 2.24) is 0 Å². The number of para-hydroxylation sites is 1. The zero-order valence-electron chi connectivity index (χ0n) is 14.4. The van der Waals surface area contributed by atoms with Crippen LogP contribution in [0, 0.1) is 0 Å². The van der Waals surface area contributed by atoms with Gasteiger partial charge in [-0.2, -0.15) is 5.10 Å². The Hall–Kier alpha value is -2.82. The fourth-order valence-corrected chi connectivity index (χ4v) is 2.29. The van der Waals surface area contributed by atoms with Gasteiger partial charge < -0.3 is 9.84 Å². The quantitative estimate of drug-likeness (QED) is 0.370. The Morgan fingerprint density at radius 1 is 1.12 bits per heavy atom. The lowest BCUT2D eigenvalue weighted by atomic mass is 10.2. The number of hydrazone groups is 1. The predicted molar refractivity (Wildman–Crippen MR) is 101 cm³/mol. The van der Waals surface area contributed by atoms with Gasteiger partial charge in [-0.1, -0.05) is 38.3 Å². The molecule has 0 spiro atoms. The first-order valence-corrected chi connectivity index (χ1v) is 8.55. The summed E-state index contributed by atoms with van der Waals surface area (Å²) in [7, 11) is 0. The van der Waals surface area contributed by atoms with E-state index in [1.807, 2.05) is 24.3 Å². The summed E-state index contributed by atoms with van der Waals surface area (Å²) in [6.07, 6.45) is 6.38. The van der Waals surface area contributed by atoms with Crippen LogP contribution in [0.5, 0.6) is 5.75 Å². The van der Waals surface area contributed by atoms with Gasteiger partial charge in [-0.3, -0.25) is 5.43 Å². The van der Waals surface area contributed by atoms with Crippen LogP contribution < -0.4 is 10.2 Å². The molecule has 0 bridgehead atoms. The first-order chi connectivity index (χ1) is 12.2. The number of hydrogen-bond acceptors (Lipinski definition) is 4. The first kappa shape index (κ1) is 18.5. The summed E-state index contributed by atoms with van der Waals surface area (Å²) in [5.41, 5.74) is 4.76. The van der Waals surface area contributed by atoms with Crippen molar-refractivity contribution in [3.8, 4) is 5.75 Å². The highest BCUT2D eigenvalue weighted by atomic mass is 16.5. The van der Waals surface area contributed by atoms with Crippen molar-refractivity contribution in [3.05, 3.63) is 59.7 Å². The Labute approximate surface area is 148 Å². The molecule has 0 aliphatic rings. The van der Waals surface area contributed by atoms with Gasteiger partial charge >= 0.3 is 5.97 Å². The minimum Gasteiger partial charge on any atom is -0.493 e. The highest BCUT2D eigenvalue weighted by Gasteiger charge is 2.02. The summed E-state index contributed by atoms with van der Waals surface area (Å²) in [5, 5.41) is 13.1. The minimum atomic E-state index is -0.944. The van der Waals surface area contributed by atoms with Gasteiger partial charge in [-0.05, 0) is 42.8 Å². The number of nitrogens with zero attached hydrogens (tertiary/aromatic N) is 1.